The van der Waals surface area contributed by atoms with Gasteiger partial charge in [-0.3, -0.25) is 0 Å². The molecule has 0 unspecified atom stereocenters. The zero-order valence-electron chi connectivity index (χ0n) is 79.2. The molecule has 0 radical (unpaired) electrons. The molecule has 0 spiro atoms. The van der Waals surface area contributed by atoms with E-state index in [1.54, 1.807) is 0 Å². The lowest BCUT2D eigenvalue weighted by atomic mass is 9.83. The summed E-state index contributed by atoms with van der Waals surface area (Å²) in [6, 6.07) is 135. The fourth-order valence-corrected chi connectivity index (χ4v) is 24.9. The summed E-state index contributed by atoms with van der Waals surface area (Å²) in [5.74, 6) is 4.45. The van der Waals surface area contributed by atoms with E-state index in [0.29, 0.717) is 0 Å². The number of aryl methyl sites for hydroxylation is 2. The van der Waals surface area contributed by atoms with Crippen molar-refractivity contribution in [1.29, 1.82) is 0 Å². The highest BCUT2D eigenvalue weighted by atomic mass is 14.3. The summed E-state index contributed by atoms with van der Waals surface area (Å²) < 4.78 is 0. The van der Waals surface area contributed by atoms with E-state index in [1.807, 2.05) is 0 Å². The maximum Gasteiger partial charge on any atom is -0.00241 e. The Morgan fingerprint density at radius 3 is 0.612 bits per heavy atom. The van der Waals surface area contributed by atoms with Gasteiger partial charge in [0.2, 0.25) is 0 Å². The molecular formula is C134H130. The summed E-state index contributed by atoms with van der Waals surface area (Å²) in [5.41, 5.74) is 35.2. The van der Waals surface area contributed by atoms with Gasteiger partial charge in [0.25, 0.3) is 0 Å². The zero-order chi connectivity index (χ0) is 89.6. The van der Waals surface area contributed by atoms with E-state index in [0.717, 1.165) is 35.5 Å². The van der Waals surface area contributed by atoms with Crippen LogP contribution in [0.4, 0.5) is 0 Å². The van der Waals surface area contributed by atoms with E-state index in [2.05, 4.69) is 366 Å². The molecule has 6 saturated carbocycles. The molecule has 6 fully saturated rings. The van der Waals surface area contributed by atoms with Crippen LogP contribution in [0.2, 0.25) is 0 Å². The Morgan fingerprint density at radius 2 is 0.366 bits per heavy atom. The Hall–Kier alpha value is -12.5. The van der Waals surface area contributed by atoms with Crippen molar-refractivity contribution < 1.29 is 0 Å². The first-order valence-corrected chi connectivity index (χ1v) is 52.0. The topological polar surface area (TPSA) is 0 Å². The van der Waals surface area contributed by atoms with Crippen molar-refractivity contribution in [2.24, 2.45) is 0 Å². The maximum absolute atomic E-state index is 2.42. The van der Waals surface area contributed by atoms with Crippen LogP contribution in [0.5, 0.6) is 0 Å². The molecule has 134 heavy (non-hydrogen) atoms. The third-order valence-electron chi connectivity index (χ3n) is 32.6. The third kappa shape index (κ3) is 18.8. The third-order valence-corrected chi connectivity index (χ3v) is 32.6. The van der Waals surface area contributed by atoms with Gasteiger partial charge in [0.1, 0.15) is 0 Å². The number of rotatable bonds is 15. The molecule has 18 aromatic rings. The van der Waals surface area contributed by atoms with Crippen molar-refractivity contribution in [1.82, 2.24) is 0 Å². The van der Waals surface area contributed by atoms with Crippen molar-refractivity contribution in [3.05, 3.63) is 396 Å². The van der Waals surface area contributed by atoms with Gasteiger partial charge < -0.3 is 0 Å². The molecule has 0 saturated heterocycles. The molecule has 0 atom stereocenters. The first-order valence-electron chi connectivity index (χ1n) is 52.0. The van der Waals surface area contributed by atoms with Crippen molar-refractivity contribution >= 4 is 64.6 Å². The SMILES string of the molecule is Cc1cccc(-c2c3ccc(-c4ccc(C5CCCCC5)cc4)cc3cc3cc(-c4ccc(C5CCCCC5)cc4)ccc23)c1.Cc1ccccc1-c1c2ccc(-c3ccc(C4CCCCC4)cc3)cc2cc2cc(-c3ccc(C4CCCCC4)cc3)ccc12.c1ccc(-c2c3ccc(-c4ccc(C5CCCCC5)cc4)cc3cc3cc(-c4ccc(C5CCCCC5)cc4)ccc23)cc1. The summed E-state index contributed by atoms with van der Waals surface area (Å²) >= 11 is 0. The van der Waals surface area contributed by atoms with Gasteiger partial charge in [0, 0.05) is 0 Å². The average Bonchev–Trinajstić information content (AvgIpc) is 0.752. The van der Waals surface area contributed by atoms with E-state index < -0.39 is 0 Å². The average molecular weight is 1740 g/mol. The molecule has 0 heteroatoms. The van der Waals surface area contributed by atoms with Crippen molar-refractivity contribution in [2.45, 2.75) is 242 Å². The predicted octanol–water partition coefficient (Wildman–Crippen LogP) is 39.9. The van der Waals surface area contributed by atoms with Gasteiger partial charge >= 0.3 is 0 Å². The first kappa shape index (κ1) is 86.9. The molecule has 6 aliphatic carbocycles. The van der Waals surface area contributed by atoms with Gasteiger partial charge in [0.15, 0.2) is 0 Å². The maximum atomic E-state index is 2.42. The lowest BCUT2D eigenvalue weighted by Gasteiger charge is -2.22. The minimum Gasteiger partial charge on any atom is -0.0622 e. The highest BCUT2D eigenvalue weighted by Gasteiger charge is 2.25. The molecule has 18 aromatic carbocycles. The van der Waals surface area contributed by atoms with E-state index >= 15 is 0 Å². The molecule has 0 aliphatic heterocycles. The van der Waals surface area contributed by atoms with E-state index in [1.165, 1.54) is 402 Å². The van der Waals surface area contributed by atoms with Crippen LogP contribution in [0, 0.1) is 13.8 Å². The minimum atomic E-state index is 0.741. The van der Waals surface area contributed by atoms with Crippen molar-refractivity contribution in [3.8, 4) is 100 Å². The highest BCUT2D eigenvalue weighted by Crippen LogP contribution is 2.48. The molecule has 0 N–H and O–H groups in total. The van der Waals surface area contributed by atoms with Gasteiger partial charge in [-0.2, -0.15) is 0 Å². The smallest absolute Gasteiger partial charge is 0.00241 e. The van der Waals surface area contributed by atoms with E-state index in [9.17, 15) is 0 Å². The normalized spacial score (nSPS) is 16.4. The van der Waals surface area contributed by atoms with Crippen LogP contribution in [-0.4, -0.2) is 0 Å². The largest absolute Gasteiger partial charge is 0.0622 e. The minimum absolute atomic E-state index is 0.741. The standard InChI is InChI=1S/2C45H44.C44H42/c1-31-10-8-9-15-42(31)45-43-26-24-38(36-20-16-34(17-21-36)32-11-4-2-5-12-32)28-40(43)30-41-29-39(25-27-44(41)45)37-22-18-35(19-23-37)33-13-6-3-7-14-33;1-31-9-8-14-40(27-31)45-43-25-23-38(36-19-15-34(16-20-36)32-10-4-2-5-11-32)28-41(43)30-42-29-39(24-26-44(42)45)37-21-17-35(18-22-37)33-12-6-3-7-13-33;1-4-10-31(11-5-1)33-16-20-35(21-17-33)38-24-26-42-40(28-38)30-41-29-39(25-27-43(41)44(42)37-14-8-3-9-15-37)36-22-18-34(19-23-36)32-12-6-2-7-13-32/h8-10,15-30,32-33H,2-7,11-14H2,1H3;8-9,14-30,32-33H,2-7,10-13H2,1H3;3,8-9,14-32H,1-2,4-7,10-13H2. The summed E-state index contributed by atoms with van der Waals surface area (Å²) in [4.78, 5) is 0. The Bertz CT molecular complexity index is 6790. The number of benzene rings is 18. The van der Waals surface area contributed by atoms with Crippen LogP contribution >= 0.6 is 0 Å². The van der Waals surface area contributed by atoms with Gasteiger partial charge in [-0.15, -0.1) is 0 Å². The van der Waals surface area contributed by atoms with Crippen LogP contribution in [0.1, 0.15) is 273 Å². The van der Waals surface area contributed by atoms with E-state index in [-0.39, 0.29) is 0 Å². The zero-order valence-corrected chi connectivity index (χ0v) is 79.2. The fraction of sp³-hybridized carbons (Fsp3) is 0.284. The van der Waals surface area contributed by atoms with Crippen molar-refractivity contribution in [3.63, 3.8) is 0 Å². The molecule has 0 bridgehead atoms. The monoisotopic (exact) mass is 1740 g/mol. The Kier molecular flexibility index (Phi) is 25.9. The van der Waals surface area contributed by atoms with Crippen molar-refractivity contribution in [2.75, 3.05) is 0 Å². The van der Waals surface area contributed by atoms with Gasteiger partial charge in [0.05, 0.1) is 0 Å². The lowest BCUT2D eigenvalue weighted by molar-refractivity contribution is 0.443. The summed E-state index contributed by atoms with van der Waals surface area (Å²) in [6.45, 7) is 4.44. The predicted molar refractivity (Wildman–Crippen MR) is 578 cm³/mol. The molecular weight excluding hydrogens is 1610 g/mol. The fourth-order valence-electron chi connectivity index (χ4n) is 24.9. The Labute approximate surface area is 797 Å². The van der Waals surface area contributed by atoms with Gasteiger partial charge in [-0.25, -0.2) is 0 Å². The van der Waals surface area contributed by atoms with Crippen LogP contribution in [-0.2, 0) is 0 Å². The van der Waals surface area contributed by atoms with Gasteiger partial charge in [-0.05, 0) is 385 Å². The van der Waals surface area contributed by atoms with Crippen LogP contribution in [0.25, 0.3) is 165 Å². The van der Waals surface area contributed by atoms with Crippen LogP contribution in [0.15, 0.2) is 352 Å². The molecule has 0 amide bonds. The van der Waals surface area contributed by atoms with Gasteiger partial charge in [-0.1, -0.05) is 418 Å². The second-order valence-electron chi connectivity index (χ2n) is 41.2. The summed E-state index contributed by atoms with van der Waals surface area (Å²) in [5, 5.41) is 15.7. The summed E-state index contributed by atoms with van der Waals surface area (Å²) in [7, 11) is 0. The highest BCUT2D eigenvalue weighted by molar-refractivity contribution is 6.17. The number of hydrogen-bond acceptors (Lipinski definition) is 0. The Balaban J connectivity index is 0.000000117. The lowest BCUT2D eigenvalue weighted by Crippen LogP contribution is -2.04. The number of fused-ring (bicyclic) bond motifs is 6. The first-order chi connectivity index (χ1) is 66.2. The van der Waals surface area contributed by atoms with Crippen LogP contribution in [0.3, 0.4) is 0 Å². The molecule has 0 heterocycles. The van der Waals surface area contributed by atoms with E-state index in [4.69, 9.17) is 0 Å². The molecule has 24 rings (SSSR count). The van der Waals surface area contributed by atoms with Crippen LogP contribution < -0.4 is 0 Å². The summed E-state index contributed by atoms with van der Waals surface area (Å²) in [6.07, 6.45) is 41.1. The quantitative estimate of drug-likeness (QED) is 0.0898. The second kappa shape index (κ2) is 40.0. The molecule has 666 valence electrons. The second-order valence-corrected chi connectivity index (χ2v) is 41.2. The molecule has 0 nitrogen and oxygen atoms in total. The number of hydrogen-bond donors (Lipinski definition) is 0. The molecule has 6 aliphatic rings. The molecule has 0 aromatic heterocycles. The Morgan fingerprint density at radius 1 is 0.149 bits per heavy atom.